The summed E-state index contributed by atoms with van der Waals surface area (Å²) in [7, 11) is 2.60. The molecule has 1 fully saturated rings. The Hall–Kier alpha value is -3.13. The van der Waals surface area contributed by atoms with Gasteiger partial charge in [-0.3, -0.25) is 5.32 Å². The van der Waals surface area contributed by atoms with Crippen molar-refractivity contribution in [2.45, 2.75) is 63.7 Å². The van der Waals surface area contributed by atoms with Crippen LogP contribution in [0.2, 0.25) is 5.02 Å². The van der Waals surface area contributed by atoms with Crippen LogP contribution < -0.4 is 14.8 Å². The first-order valence-electron chi connectivity index (χ1n) is 12.3. The van der Waals surface area contributed by atoms with Crippen molar-refractivity contribution in [2.24, 2.45) is 0 Å². The van der Waals surface area contributed by atoms with Crippen molar-refractivity contribution >= 4 is 29.4 Å². The van der Waals surface area contributed by atoms with Gasteiger partial charge < -0.3 is 43.7 Å². The molecule has 0 unspecified atom stereocenters. The van der Waals surface area contributed by atoms with Gasteiger partial charge in [-0.15, -0.1) is 0 Å². The molecule has 0 aliphatic carbocycles. The lowest BCUT2D eigenvalue weighted by atomic mass is 9.99. The van der Waals surface area contributed by atoms with Crippen molar-refractivity contribution in [3.63, 3.8) is 0 Å². The minimum atomic E-state index is -1.59. The van der Waals surface area contributed by atoms with Crippen LogP contribution in [0.15, 0.2) is 36.4 Å². The highest BCUT2D eigenvalue weighted by Gasteiger charge is 2.47. The molecule has 1 aliphatic rings. The first-order chi connectivity index (χ1) is 18.9. The zero-order valence-electron chi connectivity index (χ0n) is 22.8. The number of halogens is 1. The van der Waals surface area contributed by atoms with Gasteiger partial charge in [0.1, 0.15) is 47.6 Å². The van der Waals surface area contributed by atoms with E-state index < -0.39 is 55.0 Å². The van der Waals surface area contributed by atoms with Crippen LogP contribution >= 0.6 is 11.6 Å². The minimum Gasteiger partial charge on any atom is -0.496 e. The van der Waals surface area contributed by atoms with Crippen molar-refractivity contribution in [1.29, 1.82) is 0 Å². The van der Waals surface area contributed by atoms with E-state index >= 15 is 0 Å². The SMILES string of the molecule is COc1cc(OCc2cccc(NC(=O)OC(C)(C)C)c2)c(Cl)cc1C(=O)O[C@H]1[C@@H](OC)O[C@H](CO)[C@@H](O)[C@@H]1O. The van der Waals surface area contributed by atoms with Gasteiger partial charge in [-0.2, -0.15) is 0 Å². The second-order valence-corrected chi connectivity index (χ2v) is 10.3. The lowest BCUT2D eigenvalue weighted by molar-refractivity contribution is -0.293. The molecule has 12 nitrogen and oxygen atoms in total. The number of anilines is 1. The molecule has 2 aromatic carbocycles. The molecule has 0 saturated carbocycles. The van der Waals surface area contributed by atoms with Gasteiger partial charge in [-0.25, -0.2) is 9.59 Å². The van der Waals surface area contributed by atoms with Gasteiger partial charge in [0.2, 0.25) is 0 Å². The molecule has 220 valence electrons. The first-order valence-corrected chi connectivity index (χ1v) is 12.7. The Labute approximate surface area is 236 Å². The third kappa shape index (κ3) is 7.96. The van der Waals surface area contributed by atoms with Gasteiger partial charge in [0.25, 0.3) is 0 Å². The van der Waals surface area contributed by atoms with Gasteiger partial charge >= 0.3 is 12.1 Å². The molecule has 40 heavy (non-hydrogen) atoms. The fourth-order valence-electron chi connectivity index (χ4n) is 3.85. The van der Waals surface area contributed by atoms with Crippen molar-refractivity contribution in [3.8, 4) is 11.5 Å². The molecule has 13 heteroatoms. The van der Waals surface area contributed by atoms with E-state index in [0.29, 0.717) is 11.3 Å². The van der Waals surface area contributed by atoms with Crippen molar-refractivity contribution in [3.05, 3.63) is 52.5 Å². The maximum atomic E-state index is 13.0. The zero-order chi connectivity index (χ0) is 29.6. The highest BCUT2D eigenvalue weighted by molar-refractivity contribution is 6.32. The number of hydrogen-bond donors (Lipinski definition) is 4. The standard InChI is InChI=1S/C27H34ClNO11/c1-27(2,3)40-26(34)29-15-8-6-7-14(9-15)13-37-19-11-18(35-4)16(10-17(19)28)24(33)39-23-22(32)21(31)20(12-30)38-25(23)36-5/h6-11,20-23,25,30-32H,12-13H2,1-5H3,(H,29,34)/t20-,21-,22+,23-,25+/m1/s1. The van der Waals surface area contributed by atoms with E-state index in [9.17, 15) is 24.9 Å². The Morgan fingerprint density at radius 3 is 2.42 bits per heavy atom. The molecular weight excluding hydrogens is 550 g/mol. The molecule has 2 aromatic rings. The van der Waals surface area contributed by atoms with E-state index in [0.717, 1.165) is 0 Å². The number of esters is 1. The third-order valence-electron chi connectivity index (χ3n) is 5.74. The predicted octanol–water partition coefficient (Wildman–Crippen LogP) is 2.89. The number of hydrogen-bond acceptors (Lipinski definition) is 11. The number of carbonyl (C=O) groups excluding carboxylic acids is 2. The Morgan fingerprint density at radius 2 is 1.80 bits per heavy atom. The van der Waals surface area contributed by atoms with Gasteiger partial charge in [-0.05, 0) is 44.5 Å². The molecule has 0 radical (unpaired) electrons. The Kier molecular flexibility index (Phi) is 10.6. The number of nitrogens with one attached hydrogen (secondary N) is 1. The fraction of sp³-hybridized carbons (Fsp3) is 0.481. The summed E-state index contributed by atoms with van der Waals surface area (Å²) in [6.07, 6.45) is -7.48. The lowest BCUT2D eigenvalue weighted by Gasteiger charge is -2.40. The van der Waals surface area contributed by atoms with Crippen molar-refractivity contribution in [1.82, 2.24) is 0 Å². The Balaban J connectivity index is 1.71. The number of rotatable bonds is 9. The molecule has 1 aliphatic heterocycles. The fourth-order valence-corrected chi connectivity index (χ4v) is 4.07. The van der Waals surface area contributed by atoms with E-state index in [2.05, 4.69) is 5.32 Å². The molecular formula is C27H34ClNO11. The Bertz CT molecular complexity index is 1180. The largest absolute Gasteiger partial charge is 0.496 e. The zero-order valence-corrected chi connectivity index (χ0v) is 23.5. The highest BCUT2D eigenvalue weighted by Crippen LogP contribution is 2.35. The number of aliphatic hydroxyl groups excluding tert-OH is 3. The van der Waals surface area contributed by atoms with E-state index in [-0.39, 0.29) is 28.7 Å². The molecule has 5 atom stereocenters. The van der Waals surface area contributed by atoms with Crippen LogP contribution in [0, 0.1) is 0 Å². The van der Waals surface area contributed by atoms with Crippen LogP contribution in [0.4, 0.5) is 10.5 Å². The lowest BCUT2D eigenvalue weighted by Crippen LogP contribution is -2.60. The summed E-state index contributed by atoms with van der Waals surface area (Å²) in [6, 6.07) is 9.62. The second-order valence-electron chi connectivity index (χ2n) is 9.91. The number of carbonyl (C=O) groups is 2. The summed E-state index contributed by atoms with van der Waals surface area (Å²) in [4.78, 5) is 25.1. The van der Waals surface area contributed by atoms with Gasteiger partial charge in [0.05, 0.1) is 18.7 Å². The van der Waals surface area contributed by atoms with Crippen LogP contribution in [0.25, 0.3) is 0 Å². The minimum absolute atomic E-state index is 0.0683. The predicted molar refractivity (Wildman–Crippen MR) is 143 cm³/mol. The molecule has 0 aromatic heterocycles. The van der Waals surface area contributed by atoms with Crippen molar-refractivity contribution in [2.75, 3.05) is 26.1 Å². The highest BCUT2D eigenvalue weighted by atomic mass is 35.5. The summed E-state index contributed by atoms with van der Waals surface area (Å²) in [5.74, 6) is -0.660. The molecule has 0 bridgehead atoms. The number of methoxy groups -OCH3 is 2. The molecule has 3 rings (SSSR count). The second kappa shape index (κ2) is 13.5. The van der Waals surface area contributed by atoms with Crippen molar-refractivity contribution < 1.29 is 53.3 Å². The van der Waals surface area contributed by atoms with E-state index in [4.69, 9.17) is 40.0 Å². The van der Waals surface area contributed by atoms with Crippen LogP contribution in [-0.4, -0.2) is 84.5 Å². The van der Waals surface area contributed by atoms with Crippen LogP contribution in [0.5, 0.6) is 11.5 Å². The average molecular weight is 584 g/mol. The summed E-state index contributed by atoms with van der Waals surface area (Å²) < 4.78 is 32.3. The van der Waals surface area contributed by atoms with Gasteiger partial charge in [0.15, 0.2) is 12.4 Å². The van der Waals surface area contributed by atoms with Crippen LogP contribution in [0.1, 0.15) is 36.7 Å². The maximum absolute atomic E-state index is 13.0. The summed E-state index contributed by atoms with van der Waals surface area (Å²) in [6.45, 7) is 4.79. The third-order valence-corrected chi connectivity index (χ3v) is 6.04. The molecule has 1 amide bonds. The molecule has 4 N–H and O–H groups in total. The normalized spacial score (nSPS) is 22.8. The van der Waals surface area contributed by atoms with Gasteiger partial charge in [-0.1, -0.05) is 23.7 Å². The van der Waals surface area contributed by atoms with Gasteiger partial charge in [0, 0.05) is 18.9 Å². The smallest absolute Gasteiger partial charge is 0.412 e. The summed E-state index contributed by atoms with van der Waals surface area (Å²) in [5.41, 5.74) is 0.502. The topological polar surface area (TPSA) is 162 Å². The monoisotopic (exact) mass is 583 g/mol. The molecule has 1 heterocycles. The Morgan fingerprint density at radius 1 is 1.07 bits per heavy atom. The van der Waals surface area contributed by atoms with Crippen LogP contribution in [-0.2, 0) is 25.6 Å². The number of ether oxygens (including phenoxy) is 6. The summed E-state index contributed by atoms with van der Waals surface area (Å²) in [5, 5.41) is 32.7. The van der Waals surface area contributed by atoms with Crippen LogP contribution in [0.3, 0.4) is 0 Å². The summed E-state index contributed by atoms with van der Waals surface area (Å²) >= 11 is 6.39. The first kappa shape index (κ1) is 31.4. The number of amides is 1. The van der Waals surface area contributed by atoms with E-state index in [1.807, 2.05) is 0 Å². The number of benzene rings is 2. The molecule has 1 saturated heterocycles. The van der Waals surface area contributed by atoms with E-state index in [1.165, 1.54) is 26.4 Å². The number of aliphatic hydroxyl groups is 3. The van der Waals surface area contributed by atoms with E-state index in [1.54, 1.807) is 45.0 Å². The average Bonchev–Trinajstić information content (AvgIpc) is 2.89. The maximum Gasteiger partial charge on any atom is 0.412 e. The molecule has 0 spiro atoms. The quantitative estimate of drug-likeness (QED) is 0.321.